The molecule has 0 unspecified atom stereocenters. The van der Waals surface area contributed by atoms with Gasteiger partial charge in [-0.15, -0.1) is 0 Å². The van der Waals surface area contributed by atoms with Gasteiger partial charge in [-0.25, -0.2) is 0 Å². The molecule has 0 aromatic heterocycles. The molecule has 0 heterocycles. The van der Waals surface area contributed by atoms with E-state index in [-0.39, 0.29) is 0 Å². The number of ketones is 1. The Kier molecular flexibility index (Phi) is 6.06. The van der Waals surface area contributed by atoms with Crippen LogP contribution in [0, 0.1) is 46.3 Å². The Bertz CT molecular complexity index is 651. The van der Waals surface area contributed by atoms with Crippen LogP contribution in [-0.2, 0) is 4.79 Å². The fourth-order valence-corrected chi connectivity index (χ4v) is 8.62. The van der Waals surface area contributed by atoms with Crippen molar-refractivity contribution in [1.82, 2.24) is 0 Å². The summed E-state index contributed by atoms with van der Waals surface area (Å²) in [5, 5.41) is 9.31. The van der Waals surface area contributed by atoms with Crippen molar-refractivity contribution in [3.8, 4) is 0 Å². The molecule has 4 rings (SSSR count). The summed E-state index contributed by atoms with van der Waals surface area (Å²) in [5.41, 5.74) is 2.34. The van der Waals surface area contributed by atoms with E-state index < -0.39 is 0 Å². The van der Waals surface area contributed by atoms with Crippen LogP contribution in [-0.4, -0.2) is 17.5 Å². The number of allylic oxidation sites excluding steroid dienone is 1. The smallest absolute Gasteiger partial charge is 0.155 e. The van der Waals surface area contributed by atoms with Gasteiger partial charge in [0.25, 0.3) is 0 Å². The Balaban J connectivity index is 1.46. The van der Waals surface area contributed by atoms with Gasteiger partial charge >= 0.3 is 0 Å². The molecule has 0 aromatic rings. The van der Waals surface area contributed by atoms with Gasteiger partial charge in [-0.05, 0) is 104 Å². The molecule has 2 heteroatoms. The highest BCUT2D eigenvalue weighted by Crippen LogP contribution is 2.67. The van der Waals surface area contributed by atoms with Gasteiger partial charge in [0.2, 0.25) is 0 Å². The summed E-state index contributed by atoms with van der Waals surface area (Å²) < 4.78 is 0. The lowest BCUT2D eigenvalue weighted by atomic mass is 9.46. The maximum absolute atomic E-state index is 12.0. The summed E-state index contributed by atoms with van der Waals surface area (Å²) in [6.45, 7) is 10.2. The third-order valence-corrected chi connectivity index (χ3v) is 10.4. The van der Waals surface area contributed by atoms with Crippen LogP contribution in [0.1, 0.15) is 98.3 Å². The van der Waals surface area contributed by atoms with Crippen molar-refractivity contribution in [2.24, 2.45) is 46.3 Å². The number of rotatable bonds is 6. The first-order valence-electron chi connectivity index (χ1n) is 12.6. The normalized spacial score (nSPS) is 43.8. The number of fused-ring (bicyclic) bond motifs is 5. The average molecular weight is 401 g/mol. The predicted octanol–water partition coefficient (Wildman–Crippen LogP) is 6.57. The molecule has 29 heavy (non-hydrogen) atoms. The van der Waals surface area contributed by atoms with Crippen molar-refractivity contribution in [2.45, 2.75) is 98.3 Å². The second-order valence-corrected chi connectivity index (χ2v) is 11.9. The molecule has 4 aliphatic carbocycles. The van der Waals surface area contributed by atoms with E-state index in [2.05, 4.69) is 27.7 Å². The van der Waals surface area contributed by atoms with Gasteiger partial charge in [0, 0.05) is 13.0 Å². The van der Waals surface area contributed by atoms with E-state index >= 15 is 0 Å². The number of aliphatic hydroxyl groups excluding tert-OH is 1. The van der Waals surface area contributed by atoms with Crippen LogP contribution < -0.4 is 0 Å². The van der Waals surface area contributed by atoms with Crippen LogP contribution in [0.15, 0.2) is 11.6 Å². The summed E-state index contributed by atoms with van der Waals surface area (Å²) in [7, 11) is 0. The molecule has 3 saturated carbocycles. The number of carbonyl (C=O) groups excluding carboxylic acids is 1. The second kappa shape index (κ2) is 8.13. The third-order valence-electron chi connectivity index (χ3n) is 10.4. The minimum absolute atomic E-state index is 0.308. The summed E-state index contributed by atoms with van der Waals surface area (Å²) in [4.78, 5) is 12.0. The van der Waals surface area contributed by atoms with Crippen molar-refractivity contribution in [1.29, 1.82) is 0 Å². The number of carbonyl (C=O) groups is 1. The molecule has 8 atom stereocenters. The van der Waals surface area contributed by atoms with Crippen LogP contribution in [0.4, 0.5) is 0 Å². The minimum Gasteiger partial charge on any atom is -0.396 e. The molecule has 1 N–H and O–H groups in total. The monoisotopic (exact) mass is 400 g/mol. The fraction of sp³-hybridized carbons (Fsp3) is 0.889. The molecule has 0 spiro atoms. The maximum Gasteiger partial charge on any atom is 0.155 e. The van der Waals surface area contributed by atoms with Crippen molar-refractivity contribution >= 4 is 5.78 Å². The molecular formula is C27H44O2. The molecule has 0 amide bonds. The van der Waals surface area contributed by atoms with Gasteiger partial charge in [-0.3, -0.25) is 4.79 Å². The van der Waals surface area contributed by atoms with E-state index in [4.69, 9.17) is 0 Å². The van der Waals surface area contributed by atoms with E-state index in [0.717, 1.165) is 42.4 Å². The summed E-state index contributed by atoms with van der Waals surface area (Å²) in [6.07, 6.45) is 15.8. The van der Waals surface area contributed by atoms with Crippen LogP contribution in [0.2, 0.25) is 0 Å². The number of aliphatic hydroxyl groups is 1. The molecule has 0 bridgehead atoms. The van der Waals surface area contributed by atoms with E-state index in [1.54, 1.807) is 0 Å². The fourth-order valence-electron chi connectivity index (χ4n) is 8.62. The third kappa shape index (κ3) is 3.66. The molecule has 2 nitrogen and oxygen atoms in total. The van der Waals surface area contributed by atoms with E-state index in [0.29, 0.717) is 29.1 Å². The van der Waals surface area contributed by atoms with Crippen molar-refractivity contribution in [3.05, 3.63) is 11.6 Å². The summed E-state index contributed by atoms with van der Waals surface area (Å²) >= 11 is 0. The van der Waals surface area contributed by atoms with E-state index in [1.807, 2.05) is 6.08 Å². The van der Waals surface area contributed by atoms with Crippen LogP contribution in [0.25, 0.3) is 0 Å². The zero-order valence-corrected chi connectivity index (χ0v) is 19.4. The largest absolute Gasteiger partial charge is 0.396 e. The Labute approximate surface area is 178 Å². The Morgan fingerprint density at radius 2 is 1.83 bits per heavy atom. The van der Waals surface area contributed by atoms with Crippen LogP contribution in [0.3, 0.4) is 0 Å². The molecule has 0 saturated heterocycles. The quantitative estimate of drug-likeness (QED) is 0.547. The average Bonchev–Trinajstić information content (AvgIpc) is 3.05. The molecule has 4 aliphatic rings. The molecule has 3 fully saturated rings. The van der Waals surface area contributed by atoms with Gasteiger partial charge < -0.3 is 5.11 Å². The van der Waals surface area contributed by atoms with Gasteiger partial charge in [-0.1, -0.05) is 46.1 Å². The minimum atomic E-state index is 0.308. The van der Waals surface area contributed by atoms with Gasteiger partial charge in [-0.2, -0.15) is 0 Å². The van der Waals surface area contributed by atoms with Gasteiger partial charge in [0.15, 0.2) is 5.78 Å². The molecule has 0 aromatic carbocycles. The first-order chi connectivity index (χ1) is 13.8. The molecule has 0 radical (unpaired) electrons. The first-order valence-corrected chi connectivity index (χ1v) is 12.6. The summed E-state index contributed by atoms with van der Waals surface area (Å²) in [6, 6.07) is 0. The Hall–Kier alpha value is -0.630. The van der Waals surface area contributed by atoms with Crippen LogP contribution >= 0.6 is 0 Å². The molecule has 0 aliphatic heterocycles. The molecular weight excluding hydrogens is 356 g/mol. The number of hydrogen-bond donors (Lipinski definition) is 1. The zero-order valence-electron chi connectivity index (χ0n) is 19.4. The van der Waals surface area contributed by atoms with E-state index in [1.165, 1.54) is 63.4 Å². The second-order valence-electron chi connectivity index (χ2n) is 11.9. The highest BCUT2D eigenvalue weighted by molar-refractivity contribution is 5.91. The zero-order chi connectivity index (χ0) is 20.8. The van der Waals surface area contributed by atoms with E-state index in [9.17, 15) is 9.90 Å². The Morgan fingerprint density at radius 3 is 2.59 bits per heavy atom. The van der Waals surface area contributed by atoms with Gasteiger partial charge in [0.05, 0.1) is 0 Å². The highest BCUT2D eigenvalue weighted by Gasteiger charge is 2.59. The van der Waals surface area contributed by atoms with Gasteiger partial charge in [0.1, 0.15) is 0 Å². The maximum atomic E-state index is 12.0. The standard InChI is InChI=1S/C27H44O2/c1-18(17-28)6-5-7-19(2)23-10-11-24-22-9-8-20-16-21(29)12-14-26(20,3)25(22)13-15-27(23,24)4/h16,18-19,22-25,28H,5-15,17H2,1-4H3/t18-,19+,22-,23+,24-,25-,26-,27+/m0/s1. The van der Waals surface area contributed by atoms with Crippen molar-refractivity contribution in [3.63, 3.8) is 0 Å². The first kappa shape index (κ1) is 21.6. The lowest BCUT2D eigenvalue weighted by molar-refractivity contribution is -0.117. The number of hydrogen-bond acceptors (Lipinski definition) is 2. The van der Waals surface area contributed by atoms with Crippen LogP contribution in [0.5, 0.6) is 0 Å². The van der Waals surface area contributed by atoms with Crippen molar-refractivity contribution < 1.29 is 9.90 Å². The summed E-state index contributed by atoms with van der Waals surface area (Å²) in [5.74, 6) is 5.13. The Morgan fingerprint density at radius 1 is 1.03 bits per heavy atom. The SMILES string of the molecule is C[C@H](CO)CCC[C@@H](C)[C@H]1CC[C@H]2[C@@H]3CCC4=CC(=O)CC[C@]4(C)[C@H]3CC[C@]12C. The predicted molar refractivity (Wildman–Crippen MR) is 119 cm³/mol. The molecule has 164 valence electrons. The van der Waals surface area contributed by atoms with Crippen molar-refractivity contribution in [2.75, 3.05) is 6.61 Å². The lowest BCUT2D eigenvalue weighted by Gasteiger charge is -2.58. The lowest BCUT2D eigenvalue weighted by Crippen LogP contribution is -2.50. The topological polar surface area (TPSA) is 37.3 Å². The highest BCUT2D eigenvalue weighted by atomic mass is 16.3.